The molecule has 1 unspecified atom stereocenters. The lowest BCUT2D eigenvalue weighted by atomic mass is 10.0. The number of carbonyl (C=O) groups is 1. The van der Waals surface area contributed by atoms with Crippen molar-refractivity contribution >= 4 is 17.7 Å². The van der Waals surface area contributed by atoms with E-state index in [-0.39, 0.29) is 10.9 Å². The van der Waals surface area contributed by atoms with Gasteiger partial charge in [-0.15, -0.1) is 0 Å². The SMILES string of the molecule is O=C([O-])C1CSC2(CC[NH+](Cc3ccccc3)CC2)[NH2+]1. The summed E-state index contributed by atoms with van der Waals surface area (Å²) in [6, 6.07) is 10.2. The van der Waals surface area contributed by atoms with Crippen LogP contribution in [0.5, 0.6) is 0 Å². The molecule has 108 valence electrons. The summed E-state index contributed by atoms with van der Waals surface area (Å²) in [5, 5.41) is 13.0. The second kappa shape index (κ2) is 5.76. The summed E-state index contributed by atoms with van der Waals surface area (Å²) in [5.74, 6) is -0.218. The van der Waals surface area contributed by atoms with Crippen molar-refractivity contribution in [2.45, 2.75) is 30.3 Å². The Morgan fingerprint density at radius 3 is 2.65 bits per heavy atom. The summed E-state index contributed by atoms with van der Waals surface area (Å²) in [6.07, 6.45) is 2.17. The highest BCUT2D eigenvalue weighted by Gasteiger charge is 2.47. The highest BCUT2D eigenvalue weighted by molar-refractivity contribution is 8.00. The Bertz CT molecular complexity index is 472. The molecule has 0 saturated carbocycles. The van der Waals surface area contributed by atoms with E-state index < -0.39 is 5.97 Å². The van der Waals surface area contributed by atoms with Crippen LogP contribution in [0.25, 0.3) is 0 Å². The van der Waals surface area contributed by atoms with Gasteiger partial charge in [0, 0.05) is 5.56 Å². The van der Waals surface area contributed by atoms with Crippen molar-refractivity contribution in [2.24, 2.45) is 0 Å². The van der Waals surface area contributed by atoms with E-state index in [0.717, 1.165) is 32.5 Å². The average Bonchev–Trinajstić information content (AvgIpc) is 2.87. The van der Waals surface area contributed by atoms with Crippen molar-refractivity contribution < 1.29 is 20.1 Å². The van der Waals surface area contributed by atoms with Crippen molar-refractivity contribution in [1.82, 2.24) is 0 Å². The molecule has 2 fully saturated rings. The second-order valence-corrected chi connectivity index (χ2v) is 7.32. The van der Waals surface area contributed by atoms with Gasteiger partial charge in [-0.2, -0.15) is 0 Å². The third-order valence-electron chi connectivity index (χ3n) is 4.46. The Balaban J connectivity index is 1.54. The van der Waals surface area contributed by atoms with Gasteiger partial charge in [-0.05, 0) is 0 Å². The molecule has 2 aliphatic rings. The fourth-order valence-electron chi connectivity index (χ4n) is 3.25. The predicted molar refractivity (Wildman–Crippen MR) is 76.0 cm³/mol. The van der Waals surface area contributed by atoms with Gasteiger partial charge in [0.05, 0.1) is 31.7 Å². The van der Waals surface area contributed by atoms with Crippen molar-refractivity contribution in [3.8, 4) is 0 Å². The maximum atomic E-state index is 11.0. The van der Waals surface area contributed by atoms with Crippen molar-refractivity contribution in [1.29, 1.82) is 0 Å². The van der Waals surface area contributed by atoms with E-state index in [1.54, 1.807) is 4.90 Å². The number of carboxylic acid groups (broad SMARTS) is 1. The first-order chi connectivity index (χ1) is 9.67. The molecule has 0 aromatic heterocycles. The molecular weight excluding hydrogens is 272 g/mol. The number of likely N-dealkylation sites (tertiary alicyclic amines) is 1. The monoisotopic (exact) mass is 293 g/mol. The highest BCUT2D eigenvalue weighted by Crippen LogP contribution is 2.30. The van der Waals surface area contributed by atoms with Crippen LogP contribution in [0.4, 0.5) is 0 Å². The zero-order valence-electron chi connectivity index (χ0n) is 11.5. The third kappa shape index (κ3) is 3.00. The summed E-state index contributed by atoms with van der Waals surface area (Å²) in [5.41, 5.74) is 1.38. The number of thioether (sulfide) groups is 1. The number of piperidine rings is 1. The molecule has 0 radical (unpaired) electrons. The Morgan fingerprint density at radius 1 is 1.35 bits per heavy atom. The molecule has 2 aliphatic heterocycles. The fraction of sp³-hybridized carbons (Fsp3) is 0.533. The van der Waals surface area contributed by atoms with Gasteiger partial charge in [0.2, 0.25) is 0 Å². The van der Waals surface area contributed by atoms with Crippen molar-refractivity contribution in [2.75, 3.05) is 18.8 Å². The maximum absolute atomic E-state index is 11.0. The van der Waals surface area contributed by atoms with Crippen LogP contribution in [0.2, 0.25) is 0 Å². The number of rotatable bonds is 3. The van der Waals surface area contributed by atoms with Crippen LogP contribution < -0.4 is 15.3 Å². The molecule has 0 bridgehead atoms. The van der Waals surface area contributed by atoms with E-state index in [2.05, 4.69) is 24.3 Å². The quantitative estimate of drug-likeness (QED) is 0.677. The van der Waals surface area contributed by atoms with E-state index in [0.29, 0.717) is 5.75 Å². The van der Waals surface area contributed by atoms with Crippen LogP contribution in [0, 0.1) is 0 Å². The Labute approximate surface area is 123 Å². The summed E-state index contributed by atoms with van der Waals surface area (Å²) in [6.45, 7) is 3.32. The van der Waals surface area contributed by atoms with Gasteiger partial charge < -0.3 is 20.1 Å². The lowest BCUT2D eigenvalue weighted by molar-refractivity contribution is -0.927. The predicted octanol–water partition coefficient (Wildman–Crippen LogP) is -2.01. The topological polar surface area (TPSA) is 61.2 Å². The van der Waals surface area contributed by atoms with Crippen LogP contribution in [-0.2, 0) is 11.3 Å². The molecule has 1 aromatic carbocycles. The molecule has 1 spiro atoms. The van der Waals surface area contributed by atoms with Crippen molar-refractivity contribution in [3.63, 3.8) is 0 Å². The fourth-order valence-corrected chi connectivity index (χ4v) is 4.75. The van der Waals surface area contributed by atoms with E-state index >= 15 is 0 Å². The molecule has 3 rings (SSSR count). The summed E-state index contributed by atoms with van der Waals surface area (Å²) in [4.78, 5) is 12.7. The number of aliphatic carboxylic acids is 1. The number of hydrogen-bond donors (Lipinski definition) is 2. The summed E-state index contributed by atoms with van der Waals surface area (Å²) >= 11 is 1.82. The minimum absolute atomic E-state index is 0.102. The molecule has 20 heavy (non-hydrogen) atoms. The zero-order chi connectivity index (χ0) is 14.0. The molecule has 5 heteroatoms. The molecule has 4 nitrogen and oxygen atoms in total. The molecule has 0 aliphatic carbocycles. The van der Waals surface area contributed by atoms with Gasteiger partial charge in [-0.3, -0.25) is 0 Å². The normalized spacial score (nSPS) is 33.4. The first kappa shape index (κ1) is 13.9. The standard InChI is InChI=1S/C15H20N2O2S/c18-14(19)13-11-20-15(16-13)6-8-17(9-7-15)10-12-4-2-1-3-5-12/h1-5,13,16H,6-11H2,(H,18,19)/p+1. The van der Waals surface area contributed by atoms with Gasteiger partial charge in [0.25, 0.3) is 0 Å². The van der Waals surface area contributed by atoms with E-state index in [4.69, 9.17) is 0 Å². The van der Waals surface area contributed by atoms with Crippen molar-refractivity contribution in [3.05, 3.63) is 35.9 Å². The molecule has 1 aromatic rings. The first-order valence-electron chi connectivity index (χ1n) is 7.25. The van der Waals surface area contributed by atoms with Gasteiger partial charge in [0.1, 0.15) is 18.6 Å². The number of carboxylic acids is 1. The van der Waals surface area contributed by atoms with E-state index in [9.17, 15) is 9.90 Å². The molecular formula is C15H21N2O2S+. The Kier molecular flexibility index (Phi) is 4.01. The number of carbonyl (C=O) groups excluding carboxylic acids is 1. The minimum Gasteiger partial charge on any atom is -0.544 e. The zero-order valence-corrected chi connectivity index (χ0v) is 12.3. The van der Waals surface area contributed by atoms with E-state index in [1.807, 2.05) is 23.1 Å². The molecule has 3 N–H and O–H groups in total. The van der Waals surface area contributed by atoms with Crippen LogP contribution in [0.15, 0.2) is 30.3 Å². The molecule has 1 atom stereocenters. The van der Waals surface area contributed by atoms with E-state index in [1.165, 1.54) is 5.56 Å². The lowest BCUT2D eigenvalue weighted by Gasteiger charge is -2.34. The molecule has 0 amide bonds. The molecule has 2 saturated heterocycles. The summed E-state index contributed by atoms with van der Waals surface area (Å²) < 4.78 is 0. The number of nitrogens with two attached hydrogens (primary N) is 1. The minimum atomic E-state index is -0.909. The average molecular weight is 293 g/mol. The van der Waals surface area contributed by atoms with Gasteiger partial charge in [-0.1, -0.05) is 42.1 Å². The van der Waals surface area contributed by atoms with Gasteiger partial charge in [-0.25, -0.2) is 0 Å². The van der Waals surface area contributed by atoms with Crippen LogP contribution in [0.3, 0.4) is 0 Å². The largest absolute Gasteiger partial charge is 0.544 e. The Hall–Kier alpha value is -1.04. The van der Waals surface area contributed by atoms with Gasteiger partial charge >= 0.3 is 0 Å². The van der Waals surface area contributed by atoms with Crippen LogP contribution in [-0.4, -0.2) is 35.7 Å². The van der Waals surface area contributed by atoms with Crippen LogP contribution in [0.1, 0.15) is 18.4 Å². The maximum Gasteiger partial charge on any atom is 0.154 e. The smallest absolute Gasteiger partial charge is 0.154 e. The second-order valence-electron chi connectivity index (χ2n) is 5.88. The number of benzene rings is 1. The number of nitrogens with one attached hydrogen (secondary N) is 1. The van der Waals surface area contributed by atoms with Gasteiger partial charge in [0.15, 0.2) is 4.87 Å². The molecule has 2 heterocycles. The third-order valence-corrected chi connectivity index (χ3v) is 6.10. The lowest BCUT2D eigenvalue weighted by Crippen LogP contribution is -3.15. The number of quaternary nitrogens is 2. The number of hydrogen-bond acceptors (Lipinski definition) is 3. The Morgan fingerprint density at radius 2 is 2.05 bits per heavy atom. The first-order valence-corrected chi connectivity index (χ1v) is 8.24. The van der Waals surface area contributed by atoms with Crippen LogP contribution >= 0.6 is 11.8 Å². The summed E-state index contributed by atoms with van der Waals surface area (Å²) in [7, 11) is 0. The highest BCUT2D eigenvalue weighted by atomic mass is 32.2.